The highest BCUT2D eigenvalue weighted by molar-refractivity contribution is 7.47. The molecule has 0 aromatic rings. The van der Waals surface area contributed by atoms with Gasteiger partial charge < -0.3 is 9.63 Å². The molecule has 18 heavy (non-hydrogen) atoms. The Kier molecular flexibility index (Phi) is 5.55. The van der Waals surface area contributed by atoms with E-state index in [2.05, 4.69) is 0 Å². The molecule has 0 aromatic carbocycles. The molecule has 1 heterocycles. The molecular weight excluding hydrogens is 258 g/mol. The number of ketones is 1. The lowest BCUT2D eigenvalue weighted by atomic mass is 9.96. The Balaban J connectivity index is 2.59. The molecule has 0 amide bonds. The van der Waals surface area contributed by atoms with Gasteiger partial charge in [0.25, 0.3) is 0 Å². The van der Waals surface area contributed by atoms with Crippen LogP contribution in [-0.2, 0) is 23.1 Å². The topological polar surface area (TPSA) is 82.1 Å². The number of hydrogen-bond acceptors (Lipinski definition) is 5. The van der Waals surface area contributed by atoms with Crippen LogP contribution in [0.1, 0.15) is 27.2 Å². The fourth-order valence-corrected chi connectivity index (χ4v) is 2.67. The van der Waals surface area contributed by atoms with Gasteiger partial charge in [0.2, 0.25) is 0 Å². The zero-order chi connectivity index (χ0) is 13.9. The molecule has 0 bridgehead atoms. The van der Waals surface area contributed by atoms with E-state index in [0.29, 0.717) is 0 Å². The second kappa shape index (κ2) is 6.30. The quantitative estimate of drug-likeness (QED) is 0.576. The first kappa shape index (κ1) is 15.9. The van der Waals surface area contributed by atoms with Gasteiger partial charge in [-0.25, -0.2) is 4.57 Å². The van der Waals surface area contributed by atoms with Gasteiger partial charge in [0.15, 0.2) is 5.78 Å². The Morgan fingerprint density at radius 1 is 1.61 bits per heavy atom. The van der Waals surface area contributed by atoms with Gasteiger partial charge in [0.05, 0.1) is 6.61 Å². The summed E-state index contributed by atoms with van der Waals surface area (Å²) < 4.78 is 26.5. The number of phosphoric ester groups is 1. The summed E-state index contributed by atoms with van der Waals surface area (Å²) in [7, 11) is 1.34. The maximum absolute atomic E-state index is 11.7. The molecule has 0 saturated carbocycles. The SMILES string of the molecule is [B][C@H]1C[C@@H](OP(=O)(O)OCC(C)C)[C@@H](C(C)=O)O1. The third-order valence-corrected chi connectivity index (χ3v) is 3.38. The number of ether oxygens (including phenoxy) is 1. The maximum Gasteiger partial charge on any atom is 0.472 e. The van der Waals surface area contributed by atoms with Crippen molar-refractivity contribution in [2.45, 2.75) is 45.4 Å². The van der Waals surface area contributed by atoms with Crippen LogP contribution in [0.3, 0.4) is 0 Å². The number of carbonyl (C=O) groups is 1. The summed E-state index contributed by atoms with van der Waals surface area (Å²) in [5, 5.41) is 0. The van der Waals surface area contributed by atoms with E-state index in [0.717, 1.165) is 0 Å². The molecule has 1 saturated heterocycles. The Bertz CT molecular complexity index is 347. The highest BCUT2D eigenvalue weighted by Crippen LogP contribution is 2.47. The van der Waals surface area contributed by atoms with Gasteiger partial charge in [-0.15, -0.1) is 0 Å². The second-order valence-electron chi connectivity index (χ2n) is 4.74. The molecule has 6 nitrogen and oxygen atoms in total. The fourth-order valence-electron chi connectivity index (χ4n) is 1.58. The van der Waals surface area contributed by atoms with E-state index in [1.165, 1.54) is 6.92 Å². The summed E-state index contributed by atoms with van der Waals surface area (Å²) in [6.45, 7) is 5.09. The Hall–Kier alpha value is -0.195. The lowest BCUT2D eigenvalue weighted by molar-refractivity contribution is -0.129. The van der Waals surface area contributed by atoms with Crippen molar-refractivity contribution in [1.82, 2.24) is 0 Å². The monoisotopic (exact) mass is 276 g/mol. The molecule has 2 radical (unpaired) electrons. The molecule has 8 heteroatoms. The van der Waals surface area contributed by atoms with Gasteiger partial charge in [-0.3, -0.25) is 13.8 Å². The van der Waals surface area contributed by atoms with Crippen molar-refractivity contribution < 1.29 is 28.0 Å². The summed E-state index contributed by atoms with van der Waals surface area (Å²) in [6.07, 6.45) is -1.58. The van der Waals surface area contributed by atoms with Crippen LogP contribution in [0.15, 0.2) is 0 Å². The van der Waals surface area contributed by atoms with Gasteiger partial charge in [0, 0.05) is 6.00 Å². The highest BCUT2D eigenvalue weighted by Gasteiger charge is 2.41. The predicted molar refractivity (Wildman–Crippen MR) is 65.2 cm³/mol. The number of carbonyl (C=O) groups excluding carboxylic acids is 1. The Morgan fingerprint density at radius 3 is 2.72 bits per heavy atom. The van der Waals surface area contributed by atoms with Gasteiger partial charge in [-0.2, -0.15) is 0 Å². The molecule has 4 atom stereocenters. The zero-order valence-corrected chi connectivity index (χ0v) is 11.6. The van der Waals surface area contributed by atoms with E-state index in [1.807, 2.05) is 13.8 Å². The van der Waals surface area contributed by atoms with Gasteiger partial charge >= 0.3 is 7.82 Å². The van der Waals surface area contributed by atoms with Crippen LogP contribution in [0.2, 0.25) is 0 Å². The third-order valence-electron chi connectivity index (χ3n) is 2.36. The molecule has 1 unspecified atom stereocenters. The van der Waals surface area contributed by atoms with Crippen molar-refractivity contribution >= 4 is 21.5 Å². The minimum Gasteiger partial charge on any atom is -0.374 e. The molecule has 1 fully saturated rings. The lowest BCUT2D eigenvalue weighted by Crippen LogP contribution is -2.30. The highest BCUT2D eigenvalue weighted by atomic mass is 31.2. The largest absolute Gasteiger partial charge is 0.472 e. The van der Waals surface area contributed by atoms with Crippen LogP contribution in [0.25, 0.3) is 0 Å². The van der Waals surface area contributed by atoms with E-state index < -0.39 is 26.0 Å². The van der Waals surface area contributed by atoms with E-state index in [-0.39, 0.29) is 24.7 Å². The van der Waals surface area contributed by atoms with E-state index >= 15 is 0 Å². The minimum absolute atomic E-state index is 0.0954. The first-order valence-corrected chi connectivity index (χ1v) is 7.28. The predicted octanol–water partition coefficient (Wildman–Crippen LogP) is 1.02. The van der Waals surface area contributed by atoms with Gasteiger partial charge in [-0.05, 0) is 19.3 Å². The molecular formula is C10H18BO6P. The van der Waals surface area contributed by atoms with Crippen LogP contribution in [-0.4, -0.2) is 43.3 Å². The summed E-state index contributed by atoms with van der Waals surface area (Å²) in [5.41, 5.74) is 0. The van der Waals surface area contributed by atoms with Crippen LogP contribution in [0.5, 0.6) is 0 Å². The van der Waals surface area contributed by atoms with E-state index in [4.69, 9.17) is 21.6 Å². The molecule has 1 aliphatic rings. The van der Waals surface area contributed by atoms with Crippen LogP contribution in [0, 0.1) is 5.92 Å². The Morgan fingerprint density at radius 2 is 2.22 bits per heavy atom. The Labute approximate surface area is 108 Å². The molecule has 1 rings (SSSR count). The summed E-state index contributed by atoms with van der Waals surface area (Å²) in [5.74, 6) is -0.198. The van der Waals surface area contributed by atoms with Gasteiger partial charge in [-0.1, -0.05) is 13.8 Å². The van der Waals surface area contributed by atoms with Crippen molar-refractivity contribution in [1.29, 1.82) is 0 Å². The summed E-state index contributed by atoms with van der Waals surface area (Å²) in [6, 6.07) is -0.672. The minimum atomic E-state index is -4.19. The van der Waals surface area contributed by atoms with Crippen LogP contribution in [0.4, 0.5) is 0 Å². The average Bonchev–Trinajstić information content (AvgIpc) is 2.56. The van der Waals surface area contributed by atoms with Crippen molar-refractivity contribution in [2.24, 2.45) is 5.92 Å². The van der Waals surface area contributed by atoms with E-state index in [9.17, 15) is 14.3 Å². The second-order valence-corrected chi connectivity index (χ2v) is 6.15. The first-order valence-electron chi connectivity index (χ1n) is 5.78. The normalized spacial score (nSPS) is 31.5. The van der Waals surface area contributed by atoms with Crippen molar-refractivity contribution in [3.8, 4) is 0 Å². The van der Waals surface area contributed by atoms with Crippen molar-refractivity contribution in [3.63, 3.8) is 0 Å². The van der Waals surface area contributed by atoms with Crippen LogP contribution < -0.4 is 0 Å². The molecule has 0 aliphatic carbocycles. The molecule has 0 aromatic heterocycles. The number of phosphoric acid groups is 1. The molecule has 102 valence electrons. The molecule has 1 aliphatic heterocycles. The first-order chi connectivity index (χ1) is 8.21. The average molecular weight is 276 g/mol. The summed E-state index contributed by atoms with van der Waals surface area (Å²) in [4.78, 5) is 20.8. The standard InChI is InChI=1S/C10H18BO6P/c1-6(2)5-15-18(13,14)17-8-4-9(11)16-10(8)7(3)12/h6,8-10H,4-5H2,1-3H3,(H,13,14)/t8-,9-,10-/m1/s1. The number of hydrogen-bond donors (Lipinski definition) is 1. The number of Topliss-reactive ketones (excluding diaryl/α,β-unsaturated/α-hetero) is 1. The van der Waals surface area contributed by atoms with E-state index in [1.54, 1.807) is 0 Å². The number of rotatable bonds is 6. The van der Waals surface area contributed by atoms with Crippen molar-refractivity contribution in [2.75, 3.05) is 6.61 Å². The fraction of sp³-hybridized carbons (Fsp3) is 0.900. The zero-order valence-electron chi connectivity index (χ0n) is 10.7. The van der Waals surface area contributed by atoms with Gasteiger partial charge in [0.1, 0.15) is 20.1 Å². The van der Waals surface area contributed by atoms with Crippen LogP contribution >= 0.6 is 7.82 Å². The smallest absolute Gasteiger partial charge is 0.374 e. The molecule has 1 N–H and O–H groups in total. The van der Waals surface area contributed by atoms with Crippen molar-refractivity contribution in [3.05, 3.63) is 0 Å². The third kappa shape index (κ3) is 4.82. The lowest BCUT2D eigenvalue weighted by Gasteiger charge is -2.20. The maximum atomic E-state index is 11.7. The molecule has 0 spiro atoms. The summed E-state index contributed by atoms with van der Waals surface area (Å²) >= 11 is 0.